The summed E-state index contributed by atoms with van der Waals surface area (Å²) in [5, 5.41) is 0. The van der Waals surface area contributed by atoms with Gasteiger partial charge >= 0.3 is 5.97 Å². The molecule has 3 aromatic rings. The standard InChI is InChI=1S/C25H29FN2O3/c1-30-15-7-13-27(18-21-9-3-4-12-24(21)25(29)31-2)19-23-11-6-14-28(23)17-20-8-5-10-22(26)16-20/h3-6,8-12,14,16H,7,13,15,17-19H2,1-2H3. The van der Waals surface area contributed by atoms with Gasteiger partial charge in [-0.05, 0) is 47.9 Å². The molecule has 31 heavy (non-hydrogen) atoms. The van der Waals surface area contributed by atoms with Gasteiger partial charge in [-0.25, -0.2) is 9.18 Å². The molecule has 0 aliphatic rings. The summed E-state index contributed by atoms with van der Waals surface area (Å²) in [6, 6.07) is 18.3. The number of benzene rings is 2. The van der Waals surface area contributed by atoms with E-state index < -0.39 is 0 Å². The smallest absolute Gasteiger partial charge is 0.338 e. The molecule has 0 N–H and O–H groups in total. The molecule has 6 heteroatoms. The van der Waals surface area contributed by atoms with E-state index in [1.54, 1.807) is 25.3 Å². The van der Waals surface area contributed by atoms with Crippen LogP contribution in [0.3, 0.4) is 0 Å². The van der Waals surface area contributed by atoms with Gasteiger partial charge in [0, 0.05) is 51.8 Å². The Labute approximate surface area is 183 Å². The molecule has 0 unspecified atom stereocenters. The lowest BCUT2D eigenvalue weighted by Crippen LogP contribution is -2.27. The lowest BCUT2D eigenvalue weighted by Gasteiger charge is -2.24. The van der Waals surface area contributed by atoms with Gasteiger partial charge in [0.2, 0.25) is 0 Å². The number of methoxy groups -OCH3 is 2. The highest BCUT2D eigenvalue weighted by molar-refractivity contribution is 5.90. The summed E-state index contributed by atoms with van der Waals surface area (Å²) in [5.74, 6) is -0.561. The molecule has 0 radical (unpaired) electrons. The van der Waals surface area contributed by atoms with Gasteiger partial charge in [0.05, 0.1) is 12.7 Å². The zero-order valence-corrected chi connectivity index (χ0v) is 18.1. The molecule has 0 aliphatic carbocycles. The van der Waals surface area contributed by atoms with E-state index in [0.717, 1.165) is 29.8 Å². The molecule has 0 saturated carbocycles. The molecule has 1 aromatic heterocycles. The number of nitrogens with zero attached hydrogens (tertiary/aromatic N) is 2. The number of rotatable bonds is 11. The van der Waals surface area contributed by atoms with Gasteiger partial charge in [0.25, 0.3) is 0 Å². The van der Waals surface area contributed by atoms with Gasteiger partial charge in [0.1, 0.15) is 5.82 Å². The predicted molar refractivity (Wildman–Crippen MR) is 118 cm³/mol. The monoisotopic (exact) mass is 424 g/mol. The first-order valence-corrected chi connectivity index (χ1v) is 10.4. The van der Waals surface area contributed by atoms with Crippen molar-refractivity contribution in [3.63, 3.8) is 0 Å². The fraction of sp³-hybridized carbons (Fsp3) is 0.320. The van der Waals surface area contributed by atoms with Crippen molar-refractivity contribution in [3.05, 3.63) is 95.1 Å². The van der Waals surface area contributed by atoms with Gasteiger partial charge in [-0.3, -0.25) is 4.90 Å². The Bertz CT molecular complexity index is 986. The maximum Gasteiger partial charge on any atom is 0.338 e. The molecule has 0 aliphatic heterocycles. The number of carbonyl (C=O) groups is 1. The lowest BCUT2D eigenvalue weighted by atomic mass is 10.1. The fourth-order valence-corrected chi connectivity index (χ4v) is 3.66. The van der Waals surface area contributed by atoms with Crippen molar-refractivity contribution in [2.45, 2.75) is 26.1 Å². The highest BCUT2D eigenvalue weighted by Crippen LogP contribution is 2.17. The zero-order chi connectivity index (χ0) is 22.1. The number of aromatic nitrogens is 1. The van der Waals surface area contributed by atoms with Crippen LogP contribution in [0, 0.1) is 5.82 Å². The summed E-state index contributed by atoms with van der Waals surface area (Å²) in [7, 11) is 3.09. The molecule has 5 nitrogen and oxygen atoms in total. The van der Waals surface area contributed by atoms with Crippen LogP contribution in [0.25, 0.3) is 0 Å². The maximum atomic E-state index is 13.6. The third kappa shape index (κ3) is 6.51. The Hall–Kier alpha value is -2.96. The minimum absolute atomic E-state index is 0.230. The Balaban J connectivity index is 1.78. The number of halogens is 1. The van der Waals surface area contributed by atoms with Crippen molar-refractivity contribution < 1.29 is 18.7 Å². The number of carbonyl (C=O) groups excluding carboxylic acids is 1. The van der Waals surface area contributed by atoms with Crippen LogP contribution in [-0.2, 0) is 29.1 Å². The van der Waals surface area contributed by atoms with Crippen LogP contribution in [-0.4, -0.2) is 42.8 Å². The first-order chi connectivity index (χ1) is 15.1. The van der Waals surface area contributed by atoms with Gasteiger partial charge in [0.15, 0.2) is 0 Å². The van der Waals surface area contributed by atoms with Crippen molar-refractivity contribution in [2.24, 2.45) is 0 Å². The molecule has 0 spiro atoms. The molecule has 164 valence electrons. The molecule has 3 rings (SSSR count). The normalized spacial score (nSPS) is 11.1. The van der Waals surface area contributed by atoms with Crippen molar-refractivity contribution in [3.8, 4) is 0 Å². The number of ether oxygens (including phenoxy) is 2. The molecule has 0 bridgehead atoms. The average Bonchev–Trinajstić information content (AvgIpc) is 3.20. The van der Waals surface area contributed by atoms with Crippen molar-refractivity contribution in [1.82, 2.24) is 9.47 Å². The van der Waals surface area contributed by atoms with Crippen LogP contribution >= 0.6 is 0 Å². The number of hydrogen-bond donors (Lipinski definition) is 0. The van der Waals surface area contributed by atoms with Crippen LogP contribution in [0.15, 0.2) is 66.9 Å². The molecular weight excluding hydrogens is 395 g/mol. The fourth-order valence-electron chi connectivity index (χ4n) is 3.66. The van der Waals surface area contributed by atoms with E-state index in [1.165, 1.54) is 13.2 Å². The molecule has 0 fully saturated rings. The highest BCUT2D eigenvalue weighted by atomic mass is 19.1. The summed E-state index contributed by atoms with van der Waals surface area (Å²) >= 11 is 0. The largest absolute Gasteiger partial charge is 0.465 e. The van der Waals surface area contributed by atoms with Gasteiger partial charge < -0.3 is 14.0 Å². The molecule has 0 saturated heterocycles. The Morgan fingerprint density at radius 2 is 1.87 bits per heavy atom. The quantitative estimate of drug-likeness (QED) is 0.336. The summed E-state index contributed by atoms with van der Waals surface area (Å²) in [5.41, 5.74) is 3.54. The second-order valence-corrected chi connectivity index (χ2v) is 7.46. The number of hydrogen-bond acceptors (Lipinski definition) is 4. The third-order valence-electron chi connectivity index (χ3n) is 5.19. The molecule has 0 amide bonds. The van der Waals surface area contributed by atoms with Gasteiger partial charge in [-0.15, -0.1) is 0 Å². The predicted octanol–water partition coefficient (Wildman–Crippen LogP) is 4.50. The van der Waals surface area contributed by atoms with E-state index in [-0.39, 0.29) is 11.8 Å². The van der Waals surface area contributed by atoms with Crippen molar-refractivity contribution >= 4 is 5.97 Å². The Morgan fingerprint density at radius 3 is 2.65 bits per heavy atom. The van der Waals surface area contributed by atoms with E-state index in [4.69, 9.17) is 9.47 Å². The van der Waals surface area contributed by atoms with Gasteiger partial charge in [-0.2, -0.15) is 0 Å². The Kier molecular flexibility index (Phi) is 8.38. The highest BCUT2D eigenvalue weighted by Gasteiger charge is 2.16. The molecule has 1 heterocycles. The first kappa shape index (κ1) is 22.7. The summed E-state index contributed by atoms with van der Waals surface area (Å²) in [6.07, 6.45) is 2.89. The van der Waals surface area contributed by atoms with Gasteiger partial charge in [-0.1, -0.05) is 30.3 Å². The summed E-state index contributed by atoms with van der Waals surface area (Å²) in [6.45, 7) is 3.39. The van der Waals surface area contributed by atoms with Crippen LogP contribution in [0.4, 0.5) is 4.39 Å². The van der Waals surface area contributed by atoms with Crippen LogP contribution in [0.5, 0.6) is 0 Å². The maximum absolute atomic E-state index is 13.6. The molecular formula is C25H29FN2O3. The molecule has 2 aromatic carbocycles. The van der Waals surface area contributed by atoms with Crippen molar-refractivity contribution in [2.75, 3.05) is 27.4 Å². The topological polar surface area (TPSA) is 43.7 Å². The van der Waals surface area contributed by atoms with Crippen LogP contribution in [0.1, 0.15) is 33.6 Å². The summed E-state index contributed by atoms with van der Waals surface area (Å²) in [4.78, 5) is 14.5. The van der Waals surface area contributed by atoms with E-state index in [1.807, 2.05) is 36.5 Å². The second-order valence-electron chi connectivity index (χ2n) is 7.46. The minimum Gasteiger partial charge on any atom is -0.465 e. The van der Waals surface area contributed by atoms with E-state index in [0.29, 0.717) is 31.8 Å². The molecule has 0 atom stereocenters. The van der Waals surface area contributed by atoms with Crippen molar-refractivity contribution in [1.29, 1.82) is 0 Å². The Morgan fingerprint density at radius 1 is 1.03 bits per heavy atom. The number of esters is 1. The van der Waals surface area contributed by atoms with Crippen LogP contribution in [0.2, 0.25) is 0 Å². The lowest BCUT2D eigenvalue weighted by molar-refractivity contribution is 0.0598. The SMILES string of the molecule is COCCCN(Cc1ccccc1C(=O)OC)Cc1cccn1Cc1cccc(F)c1. The second kappa shape index (κ2) is 11.4. The zero-order valence-electron chi connectivity index (χ0n) is 18.1. The van der Waals surface area contributed by atoms with E-state index in [9.17, 15) is 9.18 Å². The van der Waals surface area contributed by atoms with Crippen LogP contribution < -0.4 is 0 Å². The first-order valence-electron chi connectivity index (χ1n) is 10.4. The van der Waals surface area contributed by atoms with E-state index in [2.05, 4.69) is 15.5 Å². The minimum atomic E-state index is -0.332. The summed E-state index contributed by atoms with van der Waals surface area (Å²) < 4.78 is 25.9. The van der Waals surface area contributed by atoms with E-state index >= 15 is 0 Å². The third-order valence-corrected chi connectivity index (χ3v) is 5.19. The average molecular weight is 425 g/mol.